The molecule has 1 aromatic rings. The molecule has 0 aliphatic carbocycles. The van der Waals surface area contributed by atoms with Crippen molar-refractivity contribution in [1.82, 2.24) is 0 Å². The van der Waals surface area contributed by atoms with Crippen LogP contribution in [0.5, 0.6) is 0 Å². The van der Waals surface area contributed by atoms with Crippen molar-refractivity contribution in [3.05, 3.63) is 36.4 Å². The van der Waals surface area contributed by atoms with Gasteiger partial charge in [-0.2, -0.15) is 0 Å². The van der Waals surface area contributed by atoms with Gasteiger partial charge in [0.05, 0.1) is 18.1 Å². The van der Waals surface area contributed by atoms with Crippen LogP contribution < -0.4 is 10.4 Å². The van der Waals surface area contributed by atoms with Gasteiger partial charge in [0, 0.05) is 22.5 Å². The molecule has 2 bridgehead atoms. The highest BCUT2D eigenvalue weighted by atomic mass is 32.2. The lowest BCUT2D eigenvalue weighted by Crippen LogP contribution is -2.45. The molecular formula is C15H14NO4S-. The smallest absolute Gasteiger partial charge is 0.231 e. The van der Waals surface area contributed by atoms with E-state index in [2.05, 4.69) is 5.32 Å². The zero-order valence-electron chi connectivity index (χ0n) is 11.3. The average Bonchev–Trinajstić information content (AvgIpc) is 3.07. The molecule has 1 aromatic carbocycles. The molecule has 2 aliphatic rings. The number of carbonyl (C=O) groups is 2. The van der Waals surface area contributed by atoms with Crippen molar-refractivity contribution >= 4 is 29.3 Å². The fourth-order valence-corrected chi connectivity index (χ4v) is 3.29. The monoisotopic (exact) mass is 304 g/mol. The second-order valence-electron chi connectivity index (χ2n) is 5.04. The third-order valence-electron chi connectivity index (χ3n) is 3.81. The Morgan fingerprint density at radius 1 is 1.24 bits per heavy atom. The van der Waals surface area contributed by atoms with Crippen LogP contribution in [0.25, 0.3) is 0 Å². The molecule has 110 valence electrons. The molecule has 6 heteroatoms. The Hall–Kier alpha value is -1.79. The van der Waals surface area contributed by atoms with Crippen molar-refractivity contribution in [2.24, 2.45) is 11.8 Å². The molecule has 3 rings (SSSR count). The number of rotatable bonds is 4. The second-order valence-corrected chi connectivity index (χ2v) is 5.92. The van der Waals surface area contributed by atoms with E-state index in [0.29, 0.717) is 5.69 Å². The number of ether oxygens (including phenoxy) is 1. The van der Waals surface area contributed by atoms with Gasteiger partial charge in [-0.3, -0.25) is 4.79 Å². The molecule has 1 fully saturated rings. The van der Waals surface area contributed by atoms with E-state index in [1.165, 1.54) is 0 Å². The first-order chi connectivity index (χ1) is 10.1. The van der Waals surface area contributed by atoms with Gasteiger partial charge in [-0.05, 0) is 24.5 Å². The lowest BCUT2D eigenvalue weighted by Gasteiger charge is -2.25. The van der Waals surface area contributed by atoms with Crippen LogP contribution >= 0.6 is 11.8 Å². The number of benzene rings is 1. The second kappa shape index (κ2) is 5.54. The normalized spacial score (nSPS) is 29.6. The molecule has 0 aromatic heterocycles. The molecule has 0 unspecified atom stereocenters. The van der Waals surface area contributed by atoms with Gasteiger partial charge < -0.3 is 20.0 Å². The van der Waals surface area contributed by atoms with E-state index in [1.807, 2.05) is 24.5 Å². The average molecular weight is 304 g/mol. The largest absolute Gasteiger partial charge is 0.550 e. The first kappa shape index (κ1) is 14.2. The number of carboxylic acids is 1. The summed E-state index contributed by atoms with van der Waals surface area (Å²) in [6, 6.07) is 7.40. The van der Waals surface area contributed by atoms with Crippen LogP contribution in [-0.2, 0) is 14.3 Å². The number of carbonyl (C=O) groups excluding carboxylic acids is 2. The van der Waals surface area contributed by atoms with Crippen LogP contribution in [0, 0.1) is 11.8 Å². The fraction of sp³-hybridized carbons (Fsp3) is 0.333. The molecule has 0 saturated carbocycles. The van der Waals surface area contributed by atoms with E-state index in [-0.39, 0.29) is 5.91 Å². The molecule has 0 radical (unpaired) electrons. The molecule has 1 saturated heterocycles. The summed E-state index contributed by atoms with van der Waals surface area (Å²) in [7, 11) is 0. The minimum atomic E-state index is -1.25. The summed E-state index contributed by atoms with van der Waals surface area (Å²) in [5.41, 5.74) is 0.649. The number of amides is 1. The lowest BCUT2D eigenvalue weighted by molar-refractivity contribution is -0.313. The first-order valence-electron chi connectivity index (χ1n) is 6.59. The minimum absolute atomic E-state index is 0.348. The van der Waals surface area contributed by atoms with Crippen LogP contribution in [-0.4, -0.2) is 30.3 Å². The third-order valence-corrected chi connectivity index (χ3v) is 4.54. The van der Waals surface area contributed by atoms with Crippen LogP contribution in [0.15, 0.2) is 41.3 Å². The minimum Gasteiger partial charge on any atom is -0.550 e. The maximum absolute atomic E-state index is 12.4. The highest BCUT2D eigenvalue weighted by molar-refractivity contribution is 7.98. The summed E-state index contributed by atoms with van der Waals surface area (Å²) in [6.07, 6.45) is 4.33. The van der Waals surface area contributed by atoms with E-state index in [9.17, 15) is 14.7 Å². The molecule has 21 heavy (non-hydrogen) atoms. The summed E-state index contributed by atoms with van der Waals surface area (Å²) in [5, 5.41) is 14.0. The summed E-state index contributed by atoms with van der Waals surface area (Å²) in [4.78, 5) is 24.7. The van der Waals surface area contributed by atoms with E-state index in [0.717, 1.165) is 4.90 Å². The Morgan fingerprint density at radius 3 is 2.62 bits per heavy atom. The Bertz CT molecular complexity index is 615. The molecule has 1 amide bonds. The fourth-order valence-electron chi connectivity index (χ4n) is 2.83. The molecule has 5 nitrogen and oxygen atoms in total. The van der Waals surface area contributed by atoms with E-state index < -0.39 is 30.0 Å². The summed E-state index contributed by atoms with van der Waals surface area (Å²) < 4.78 is 5.47. The van der Waals surface area contributed by atoms with Crippen LogP contribution in [0.4, 0.5) is 5.69 Å². The van der Waals surface area contributed by atoms with E-state index in [1.54, 1.807) is 30.0 Å². The van der Waals surface area contributed by atoms with Crippen molar-refractivity contribution < 1.29 is 19.4 Å². The number of hydrogen-bond acceptors (Lipinski definition) is 5. The third kappa shape index (κ3) is 2.56. The lowest BCUT2D eigenvalue weighted by atomic mass is 9.82. The standard InChI is InChI=1S/C15H15NO4S/c1-21-9-4-2-3-8(7-9)16-14(17)12-10-5-6-11(20-10)13(12)15(18)19/h2-7,10-13H,1H3,(H,16,17)(H,18,19)/p-1/t10-,11+,12-,13-/m0/s1. The van der Waals surface area contributed by atoms with E-state index in [4.69, 9.17) is 4.74 Å². The molecule has 2 aliphatic heterocycles. The summed E-state index contributed by atoms with van der Waals surface area (Å²) in [6.45, 7) is 0. The molecule has 1 N–H and O–H groups in total. The van der Waals surface area contributed by atoms with Crippen LogP contribution in [0.1, 0.15) is 0 Å². The zero-order valence-corrected chi connectivity index (χ0v) is 12.1. The zero-order chi connectivity index (χ0) is 15.0. The SMILES string of the molecule is CSc1cccc(NC(=O)[C@@H]2[C@@H](C(=O)[O-])[C@H]3C=C[C@@H]2O3)c1. The quantitative estimate of drug-likeness (QED) is 0.653. The summed E-state index contributed by atoms with van der Waals surface area (Å²) in [5.74, 6) is -3.27. The highest BCUT2D eigenvalue weighted by Gasteiger charge is 2.50. The number of aliphatic carboxylic acids is 1. The predicted molar refractivity (Wildman–Crippen MR) is 76.6 cm³/mol. The molecule has 2 heterocycles. The Morgan fingerprint density at radius 2 is 1.95 bits per heavy atom. The molecular weight excluding hydrogens is 290 g/mol. The van der Waals surface area contributed by atoms with Crippen molar-refractivity contribution in [2.45, 2.75) is 17.1 Å². The topological polar surface area (TPSA) is 78.5 Å². The Labute approximate surface area is 126 Å². The molecule has 0 spiro atoms. The molecule has 4 atom stereocenters. The number of anilines is 1. The Kier molecular flexibility index (Phi) is 3.73. The number of fused-ring (bicyclic) bond motifs is 2. The van der Waals surface area contributed by atoms with Gasteiger partial charge in [-0.25, -0.2) is 0 Å². The highest BCUT2D eigenvalue weighted by Crippen LogP contribution is 2.39. The van der Waals surface area contributed by atoms with Crippen molar-refractivity contribution in [3.63, 3.8) is 0 Å². The number of thioether (sulfide) groups is 1. The van der Waals surface area contributed by atoms with Gasteiger partial charge in [0.2, 0.25) is 5.91 Å². The van der Waals surface area contributed by atoms with Gasteiger partial charge in [0.15, 0.2) is 0 Å². The number of nitrogens with one attached hydrogen (secondary N) is 1. The van der Waals surface area contributed by atoms with Crippen molar-refractivity contribution in [3.8, 4) is 0 Å². The van der Waals surface area contributed by atoms with Gasteiger partial charge in [-0.1, -0.05) is 18.2 Å². The van der Waals surface area contributed by atoms with Crippen LogP contribution in [0.3, 0.4) is 0 Å². The summed E-state index contributed by atoms with van der Waals surface area (Å²) >= 11 is 1.57. The number of hydrogen-bond donors (Lipinski definition) is 1. The van der Waals surface area contributed by atoms with E-state index >= 15 is 0 Å². The van der Waals surface area contributed by atoms with Crippen molar-refractivity contribution in [1.29, 1.82) is 0 Å². The van der Waals surface area contributed by atoms with Crippen LogP contribution in [0.2, 0.25) is 0 Å². The van der Waals surface area contributed by atoms with Gasteiger partial charge >= 0.3 is 0 Å². The van der Waals surface area contributed by atoms with Gasteiger partial charge in [0.25, 0.3) is 0 Å². The predicted octanol–water partition coefficient (Wildman–Crippen LogP) is 0.666. The van der Waals surface area contributed by atoms with Gasteiger partial charge in [0.1, 0.15) is 0 Å². The number of carboxylic acid groups (broad SMARTS) is 1. The van der Waals surface area contributed by atoms with Crippen molar-refractivity contribution in [2.75, 3.05) is 11.6 Å². The first-order valence-corrected chi connectivity index (χ1v) is 7.82. The maximum atomic E-state index is 12.4. The van der Waals surface area contributed by atoms with Gasteiger partial charge in [-0.15, -0.1) is 11.8 Å². The maximum Gasteiger partial charge on any atom is 0.231 e. The Balaban J connectivity index is 1.78.